The van der Waals surface area contributed by atoms with Crippen LogP contribution in [0.15, 0.2) is 24.8 Å². The Morgan fingerprint density at radius 2 is 1.13 bits per heavy atom. The molecule has 8 nitrogen and oxygen atoms in total. The van der Waals surface area contributed by atoms with E-state index in [1.165, 1.54) is 12.4 Å². The summed E-state index contributed by atoms with van der Waals surface area (Å²) in [5.74, 6) is 1.22. The largest absolute Gasteiger partial charge is 0.352 e. The molecule has 2 aromatic heterocycles. The molecule has 0 atom stereocenters. The highest BCUT2D eigenvalue weighted by molar-refractivity contribution is 5.52. The van der Waals surface area contributed by atoms with Crippen molar-refractivity contribution < 1.29 is 0 Å². The number of anilines is 2. The molecule has 3 heterocycles. The highest BCUT2D eigenvalue weighted by Gasteiger charge is 2.21. The van der Waals surface area contributed by atoms with Crippen molar-refractivity contribution in [1.29, 1.82) is 10.5 Å². The van der Waals surface area contributed by atoms with Crippen LogP contribution in [0.3, 0.4) is 0 Å². The molecule has 1 aliphatic rings. The van der Waals surface area contributed by atoms with Crippen LogP contribution in [0.1, 0.15) is 17.8 Å². The van der Waals surface area contributed by atoms with Crippen LogP contribution in [0.4, 0.5) is 11.6 Å². The van der Waals surface area contributed by atoms with Crippen LogP contribution in [0, 0.1) is 22.7 Å². The van der Waals surface area contributed by atoms with Crippen LogP contribution < -0.4 is 9.80 Å². The average Bonchev–Trinajstić information content (AvgIpc) is 2.87. The Morgan fingerprint density at radius 3 is 1.57 bits per heavy atom. The van der Waals surface area contributed by atoms with E-state index in [0.717, 1.165) is 19.5 Å². The molecule has 0 radical (unpaired) electrons. The lowest BCUT2D eigenvalue weighted by molar-refractivity contribution is 0.789. The molecule has 0 aromatic carbocycles. The fourth-order valence-electron chi connectivity index (χ4n) is 2.62. The molecule has 0 aliphatic carbocycles. The minimum atomic E-state index is 0.332. The van der Waals surface area contributed by atoms with Crippen molar-refractivity contribution in [2.45, 2.75) is 6.42 Å². The first-order chi connectivity index (χ1) is 11.3. The van der Waals surface area contributed by atoms with E-state index in [2.05, 4.69) is 32.1 Å². The monoisotopic (exact) mass is 306 g/mol. The number of aromatic nitrogens is 4. The third-order valence-corrected chi connectivity index (χ3v) is 3.66. The zero-order valence-corrected chi connectivity index (χ0v) is 12.4. The molecule has 0 saturated carbocycles. The zero-order valence-electron chi connectivity index (χ0n) is 12.4. The van der Waals surface area contributed by atoms with Crippen molar-refractivity contribution in [1.82, 2.24) is 19.9 Å². The summed E-state index contributed by atoms with van der Waals surface area (Å²) in [4.78, 5) is 20.8. The number of rotatable bonds is 2. The van der Waals surface area contributed by atoms with Gasteiger partial charge < -0.3 is 9.80 Å². The van der Waals surface area contributed by atoms with Gasteiger partial charge in [-0.05, 0) is 6.42 Å². The van der Waals surface area contributed by atoms with Gasteiger partial charge in [-0.25, -0.2) is 19.9 Å². The predicted molar refractivity (Wildman–Crippen MR) is 82.5 cm³/mol. The van der Waals surface area contributed by atoms with E-state index in [9.17, 15) is 10.5 Å². The summed E-state index contributed by atoms with van der Waals surface area (Å²) >= 11 is 0. The van der Waals surface area contributed by atoms with Crippen molar-refractivity contribution in [3.8, 4) is 12.1 Å². The molecule has 0 spiro atoms. The Balaban J connectivity index is 1.80. The molecule has 0 bridgehead atoms. The molecule has 2 aromatic rings. The fourth-order valence-corrected chi connectivity index (χ4v) is 2.62. The van der Waals surface area contributed by atoms with Crippen LogP contribution in [-0.2, 0) is 0 Å². The molecule has 0 N–H and O–H groups in total. The maximum atomic E-state index is 9.17. The molecular weight excluding hydrogens is 292 g/mol. The quantitative estimate of drug-likeness (QED) is 0.799. The molecule has 1 fully saturated rings. The summed E-state index contributed by atoms with van der Waals surface area (Å²) in [6.07, 6.45) is 7.09. The van der Waals surface area contributed by atoms with Gasteiger partial charge in [-0.2, -0.15) is 10.5 Å². The number of nitriles is 2. The molecule has 1 saturated heterocycles. The first-order valence-corrected chi connectivity index (χ1v) is 7.25. The molecule has 3 rings (SSSR count). The molecule has 0 unspecified atom stereocenters. The first kappa shape index (κ1) is 14.7. The van der Waals surface area contributed by atoms with Gasteiger partial charge >= 0.3 is 0 Å². The van der Waals surface area contributed by atoms with Gasteiger partial charge in [-0.1, -0.05) is 0 Å². The second-order valence-electron chi connectivity index (χ2n) is 5.01. The highest BCUT2D eigenvalue weighted by Crippen LogP contribution is 2.20. The molecule has 8 heteroatoms. The summed E-state index contributed by atoms with van der Waals surface area (Å²) in [5.41, 5.74) is 0.663. The zero-order chi connectivity index (χ0) is 16.1. The van der Waals surface area contributed by atoms with E-state index in [-0.39, 0.29) is 0 Å². The van der Waals surface area contributed by atoms with Gasteiger partial charge in [0.1, 0.15) is 12.1 Å². The standard InChI is InChI=1S/C15H14N8/c16-10-12-14(20-4-2-18-12)22-6-1-7-23(9-8-22)15-13(11-17)19-3-5-21-15/h2-5H,1,6-9H2. The Labute approximate surface area is 133 Å². The lowest BCUT2D eigenvalue weighted by Gasteiger charge is -2.23. The second kappa shape index (κ2) is 6.67. The Bertz CT molecular complexity index is 710. The summed E-state index contributed by atoms with van der Waals surface area (Å²) in [6, 6.07) is 4.16. The summed E-state index contributed by atoms with van der Waals surface area (Å²) in [5, 5.41) is 18.3. The lowest BCUT2D eigenvalue weighted by atomic mass is 10.3. The number of hydrogen-bond acceptors (Lipinski definition) is 8. The van der Waals surface area contributed by atoms with E-state index in [1.807, 2.05) is 9.80 Å². The van der Waals surface area contributed by atoms with E-state index >= 15 is 0 Å². The maximum Gasteiger partial charge on any atom is 0.183 e. The Morgan fingerprint density at radius 1 is 0.696 bits per heavy atom. The van der Waals surface area contributed by atoms with Crippen LogP contribution in [0.25, 0.3) is 0 Å². The minimum Gasteiger partial charge on any atom is -0.352 e. The molecule has 1 aliphatic heterocycles. The second-order valence-corrected chi connectivity index (χ2v) is 5.01. The first-order valence-electron chi connectivity index (χ1n) is 7.25. The average molecular weight is 306 g/mol. The molecule has 23 heavy (non-hydrogen) atoms. The Hall–Kier alpha value is -3.26. The summed E-state index contributed by atoms with van der Waals surface area (Å²) < 4.78 is 0. The highest BCUT2D eigenvalue weighted by atomic mass is 15.3. The van der Waals surface area contributed by atoms with Crippen LogP contribution >= 0.6 is 0 Å². The topological polar surface area (TPSA) is 106 Å². The third-order valence-electron chi connectivity index (χ3n) is 3.66. The van der Waals surface area contributed by atoms with Gasteiger partial charge in [0.15, 0.2) is 23.0 Å². The Kier molecular flexibility index (Phi) is 4.25. The molecular formula is C15H14N8. The summed E-state index contributed by atoms with van der Waals surface area (Å²) in [6.45, 7) is 2.89. The van der Waals surface area contributed by atoms with Crippen molar-refractivity contribution in [2.24, 2.45) is 0 Å². The smallest absolute Gasteiger partial charge is 0.183 e. The van der Waals surface area contributed by atoms with Crippen molar-refractivity contribution in [2.75, 3.05) is 36.0 Å². The van der Waals surface area contributed by atoms with Crippen molar-refractivity contribution >= 4 is 11.6 Å². The van der Waals surface area contributed by atoms with E-state index in [1.54, 1.807) is 12.4 Å². The fraction of sp³-hybridized carbons (Fsp3) is 0.333. The van der Waals surface area contributed by atoms with Crippen molar-refractivity contribution in [3.63, 3.8) is 0 Å². The van der Waals surface area contributed by atoms with E-state index < -0.39 is 0 Å². The third kappa shape index (κ3) is 3.01. The molecule has 114 valence electrons. The summed E-state index contributed by atoms with van der Waals surface area (Å²) in [7, 11) is 0. The van der Waals surface area contributed by atoms with E-state index in [0.29, 0.717) is 36.1 Å². The van der Waals surface area contributed by atoms with Gasteiger partial charge in [-0.3, -0.25) is 0 Å². The predicted octanol–water partition coefficient (Wildman–Crippen LogP) is 0.727. The minimum absolute atomic E-state index is 0.332. The van der Waals surface area contributed by atoms with Crippen LogP contribution in [0.5, 0.6) is 0 Å². The van der Waals surface area contributed by atoms with Gasteiger partial charge in [0, 0.05) is 51.0 Å². The van der Waals surface area contributed by atoms with Gasteiger partial charge in [0.2, 0.25) is 0 Å². The van der Waals surface area contributed by atoms with Gasteiger partial charge in [0.05, 0.1) is 0 Å². The lowest BCUT2D eigenvalue weighted by Crippen LogP contribution is -2.32. The normalized spacial score (nSPS) is 14.7. The number of hydrogen-bond donors (Lipinski definition) is 0. The van der Waals surface area contributed by atoms with E-state index in [4.69, 9.17) is 0 Å². The molecule has 0 amide bonds. The van der Waals surface area contributed by atoms with Crippen LogP contribution in [0.2, 0.25) is 0 Å². The van der Waals surface area contributed by atoms with Gasteiger partial charge in [-0.15, -0.1) is 0 Å². The maximum absolute atomic E-state index is 9.17. The van der Waals surface area contributed by atoms with Gasteiger partial charge in [0.25, 0.3) is 0 Å². The van der Waals surface area contributed by atoms with Crippen LogP contribution in [-0.4, -0.2) is 46.1 Å². The number of nitrogens with zero attached hydrogens (tertiary/aromatic N) is 8. The van der Waals surface area contributed by atoms with Crippen molar-refractivity contribution in [3.05, 3.63) is 36.2 Å². The SMILES string of the molecule is N#Cc1nccnc1N1CCCN(c2nccnc2C#N)CC1.